The Bertz CT molecular complexity index is 866. The van der Waals surface area contributed by atoms with Crippen LogP contribution in [0.25, 0.3) is 0 Å². The summed E-state index contributed by atoms with van der Waals surface area (Å²) in [5.41, 5.74) is 8.97. The number of nitrogens with zero attached hydrogens (tertiary/aromatic N) is 3. The molecule has 0 saturated heterocycles. The van der Waals surface area contributed by atoms with Crippen LogP contribution in [0.4, 0.5) is 28.4 Å². The Morgan fingerprint density at radius 3 is 2.67 bits per heavy atom. The molecule has 3 rings (SSSR count). The number of nitrogens with one attached hydrogen (secondary N) is 1. The quantitative estimate of drug-likeness (QED) is 0.651. The van der Waals surface area contributed by atoms with Crippen LogP contribution in [0.5, 0.6) is 0 Å². The average Bonchev–Trinajstić information content (AvgIpc) is 2.95. The van der Waals surface area contributed by atoms with Gasteiger partial charge in [0.15, 0.2) is 0 Å². The highest BCUT2D eigenvalue weighted by atomic mass is 35.5. The molecule has 0 aromatic heterocycles. The molecule has 0 fully saturated rings. The fourth-order valence-electron chi connectivity index (χ4n) is 1.87. The number of fused-ring (bicyclic) bond motifs is 1. The van der Waals surface area contributed by atoms with Gasteiger partial charge in [-0.05, 0) is 24.3 Å². The standard InChI is InChI=1S/C13H7Cl2N5S/c14-8-4-9(15)12-13(20-21-19-12)11(8)18-7-1-2-10(17)6(3-7)5-16/h1-4,18H,17H2. The van der Waals surface area contributed by atoms with E-state index < -0.39 is 0 Å². The third-order valence-corrected chi connectivity index (χ3v) is 4.00. The third-order valence-electron chi connectivity index (χ3n) is 2.89. The number of nitriles is 1. The Morgan fingerprint density at radius 1 is 1.14 bits per heavy atom. The fourth-order valence-corrected chi connectivity index (χ4v) is 3.03. The first kappa shape index (κ1) is 13.9. The van der Waals surface area contributed by atoms with E-state index in [4.69, 9.17) is 34.2 Å². The van der Waals surface area contributed by atoms with Gasteiger partial charge in [0.2, 0.25) is 0 Å². The van der Waals surface area contributed by atoms with Gasteiger partial charge in [-0.25, -0.2) is 0 Å². The Hall–Kier alpha value is -2.07. The summed E-state index contributed by atoms with van der Waals surface area (Å²) in [6.45, 7) is 0. The predicted octanol–water partition coefficient (Wildman–Crippen LogP) is 4.92. The van der Waals surface area contributed by atoms with Crippen LogP contribution in [-0.2, 0) is 11.4 Å². The van der Waals surface area contributed by atoms with E-state index in [-0.39, 0.29) is 0 Å². The minimum atomic E-state index is 0.387. The van der Waals surface area contributed by atoms with Crippen molar-refractivity contribution in [1.82, 2.24) is 0 Å². The lowest BCUT2D eigenvalue weighted by Crippen LogP contribution is -1.95. The van der Waals surface area contributed by atoms with Crippen molar-refractivity contribution >= 4 is 63.0 Å². The first-order valence-corrected chi connectivity index (χ1v) is 7.25. The summed E-state index contributed by atoms with van der Waals surface area (Å²) in [5, 5.41) is 13.0. The number of benzene rings is 2. The van der Waals surface area contributed by atoms with E-state index in [1.54, 1.807) is 24.3 Å². The number of anilines is 3. The topological polar surface area (TPSA) is 86.6 Å². The van der Waals surface area contributed by atoms with Crippen molar-refractivity contribution in [2.45, 2.75) is 0 Å². The maximum atomic E-state index is 9.02. The van der Waals surface area contributed by atoms with E-state index in [2.05, 4.69) is 14.0 Å². The first-order valence-electron chi connectivity index (χ1n) is 5.77. The molecule has 0 spiro atoms. The van der Waals surface area contributed by atoms with Gasteiger partial charge in [0.05, 0.1) is 32.7 Å². The molecule has 0 bridgehead atoms. The third kappa shape index (κ3) is 2.47. The van der Waals surface area contributed by atoms with Crippen molar-refractivity contribution in [1.29, 1.82) is 5.26 Å². The van der Waals surface area contributed by atoms with Gasteiger partial charge in [-0.15, -0.1) is 0 Å². The molecule has 2 aromatic carbocycles. The zero-order valence-electron chi connectivity index (χ0n) is 10.4. The zero-order chi connectivity index (χ0) is 15.0. The fraction of sp³-hybridized carbons (Fsp3) is 0. The lowest BCUT2D eigenvalue weighted by Gasteiger charge is -2.12. The smallest absolute Gasteiger partial charge is 0.131 e. The minimum Gasteiger partial charge on any atom is -0.398 e. The summed E-state index contributed by atoms with van der Waals surface area (Å²) in [4.78, 5) is 0. The van der Waals surface area contributed by atoms with Gasteiger partial charge in [0.1, 0.15) is 17.4 Å². The Morgan fingerprint density at radius 2 is 1.90 bits per heavy atom. The largest absolute Gasteiger partial charge is 0.398 e. The van der Waals surface area contributed by atoms with Gasteiger partial charge < -0.3 is 11.1 Å². The van der Waals surface area contributed by atoms with Crippen LogP contribution in [-0.4, -0.2) is 0 Å². The second-order valence-electron chi connectivity index (χ2n) is 4.22. The molecule has 5 nitrogen and oxygen atoms in total. The van der Waals surface area contributed by atoms with E-state index >= 15 is 0 Å². The van der Waals surface area contributed by atoms with Crippen LogP contribution >= 0.6 is 23.2 Å². The van der Waals surface area contributed by atoms with Crippen molar-refractivity contribution in [2.75, 3.05) is 11.1 Å². The van der Waals surface area contributed by atoms with Crippen LogP contribution in [0.15, 0.2) is 33.0 Å². The molecule has 21 heavy (non-hydrogen) atoms. The van der Waals surface area contributed by atoms with Crippen LogP contribution < -0.4 is 11.1 Å². The number of nitrogens with two attached hydrogens (primary N) is 1. The highest BCUT2D eigenvalue weighted by Gasteiger charge is 2.19. The zero-order valence-corrected chi connectivity index (χ0v) is 12.7. The summed E-state index contributed by atoms with van der Waals surface area (Å²) in [6, 6.07) is 8.70. The van der Waals surface area contributed by atoms with Crippen LogP contribution in [0, 0.1) is 11.3 Å². The molecule has 8 heteroatoms. The molecule has 0 aliphatic carbocycles. The molecule has 0 radical (unpaired) electrons. The van der Waals surface area contributed by atoms with Gasteiger partial charge >= 0.3 is 0 Å². The lowest BCUT2D eigenvalue weighted by atomic mass is 10.1. The van der Waals surface area contributed by atoms with Crippen LogP contribution in [0.3, 0.4) is 0 Å². The molecule has 1 heterocycles. The molecule has 104 valence electrons. The molecule has 1 aliphatic rings. The molecule has 1 aliphatic heterocycles. The SMILES string of the molecule is N#Cc1cc(Nc2c(Cl)cc(Cl)c3c2N=S=N3)ccc1N. The van der Waals surface area contributed by atoms with Crippen LogP contribution in [0.2, 0.25) is 10.0 Å². The number of nitrogen functional groups attached to an aromatic ring is 1. The summed E-state index contributed by atoms with van der Waals surface area (Å²) < 4.78 is 8.34. The molecule has 2 aromatic rings. The summed E-state index contributed by atoms with van der Waals surface area (Å²) >= 11 is 13.4. The monoisotopic (exact) mass is 335 g/mol. The van der Waals surface area contributed by atoms with E-state index in [9.17, 15) is 0 Å². The molecule has 0 atom stereocenters. The number of hydrogen-bond acceptors (Lipinski definition) is 5. The highest BCUT2D eigenvalue weighted by molar-refractivity contribution is 7.58. The number of halogens is 2. The molecular formula is C13H7Cl2N5S. The Kier molecular flexibility index (Phi) is 3.55. The predicted molar refractivity (Wildman–Crippen MR) is 86.9 cm³/mol. The molecule has 0 saturated carbocycles. The summed E-state index contributed by atoms with van der Waals surface area (Å²) in [5.74, 6) is 0. The van der Waals surface area contributed by atoms with Gasteiger partial charge in [0.25, 0.3) is 0 Å². The van der Waals surface area contributed by atoms with Gasteiger partial charge in [-0.2, -0.15) is 14.0 Å². The first-order chi connectivity index (χ1) is 10.1. The van der Waals surface area contributed by atoms with Crippen molar-refractivity contribution in [3.05, 3.63) is 39.9 Å². The summed E-state index contributed by atoms with van der Waals surface area (Å²) in [6.07, 6.45) is 0. The second-order valence-corrected chi connectivity index (χ2v) is 5.56. The minimum absolute atomic E-state index is 0.387. The average molecular weight is 336 g/mol. The van der Waals surface area contributed by atoms with E-state index in [0.717, 1.165) is 11.4 Å². The van der Waals surface area contributed by atoms with E-state index in [0.29, 0.717) is 44.0 Å². The lowest BCUT2D eigenvalue weighted by molar-refractivity contribution is 1.46. The highest BCUT2D eigenvalue weighted by Crippen LogP contribution is 2.48. The van der Waals surface area contributed by atoms with Gasteiger partial charge in [0, 0.05) is 11.4 Å². The molecular weight excluding hydrogens is 329 g/mol. The summed E-state index contributed by atoms with van der Waals surface area (Å²) in [7, 11) is 0. The number of hydrogen-bond donors (Lipinski definition) is 2. The van der Waals surface area contributed by atoms with Crippen molar-refractivity contribution < 1.29 is 0 Å². The maximum absolute atomic E-state index is 9.02. The van der Waals surface area contributed by atoms with Gasteiger partial charge in [-0.3, -0.25) is 0 Å². The van der Waals surface area contributed by atoms with Crippen LogP contribution in [0.1, 0.15) is 5.56 Å². The van der Waals surface area contributed by atoms with Crippen molar-refractivity contribution in [3.63, 3.8) is 0 Å². The van der Waals surface area contributed by atoms with Gasteiger partial charge in [-0.1, -0.05) is 23.2 Å². The van der Waals surface area contributed by atoms with Crippen molar-refractivity contribution in [3.8, 4) is 6.07 Å². The molecule has 3 N–H and O–H groups in total. The normalized spacial score (nSPS) is 11.7. The molecule has 0 amide bonds. The molecule has 0 unspecified atom stereocenters. The second kappa shape index (κ2) is 5.37. The van der Waals surface area contributed by atoms with Crippen molar-refractivity contribution in [2.24, 2.45) is 8.73 Å². The Labute approximate surface area is 134 Å². The van der Waals surface area contributed by atoms with E-state index in [1.165, 1.54) is 0 Å². The van der Waals surface area contributed by atoms with E-state index in [1.807, 2.05) is 6.07 Å². The Balaban J connectivity index is 2.06. The number of rotatable bonds is 2. The maximum Gasteiger partial charge on any atom is 0.131 e.